The Labute approximate surface area is 114 Å². The van der Waals surface area contributed by atoms with Gasteiger partial charge in [0.2, 0.25) is 0 Å². The van der Waals surface area contributed by atoms with Gasteiger partial charge in [0.15, 0.2) is 5.78 Å². The van der Waals surface area contributed by atoms with Gasteiger partial charge in [-0.1, -0.05) is 13.2 Å². The number of hydrogen-bond donors (Lipinski definition) is 0. The van der Waals surface area contributed by atoms with E-state index in [0.717, 1.165) is 6.08 Å². The lowest BCUT2D eigenvalue weighted by atomic mass is 10.4. The van der Waals surface area contributed by atoms with Crippen LogP contribution in [0, 0.1) is 0 Å². The molecule has 0 aromatic heterocycles. The fraction of sp³-hybridized carbons (Fsp3) is 0.500. The van der Waals surface area contributed by atoms with Gasteiger partial charge in [-0.05, 0) is 12.5 Å². The molecule has 19 heavy (non-hydrogen) atoms. The van der Waals surface area contributed by atoms with Gasteiger partial charge in [0.1, 0.15) is 6.61 Å². The van der Waals surface area contributed by atoms with Crippen molar-refractivity contribution in [1.29, 1.82) is 0 Å². The van der Waals surface area contributed by atoms with Gasteiger partial charge in [0.25, 0.3) is 0 Å². The van der Waals surface area contributed by atoms with Crippen LogP contribution in [0.15, 0.2) is 25.3 Å². The molecule has 7 heteroatoms. The van der Waals surface area contributed by atoms with Crippen LogP contribution in [-0.2, 0) is 27.6 Å². The maximum Gasteiger partial charge on any atom is 0.500 e. The van der Waals surface area contributed by atoms with E-state index >= 15 is 0 Å². The van der Waals surface area contributed by atoms with Gasteiger partial charge < -0.3 is 18.0 Å². The van der Waals surface area contributed by atoms with Crippen LogP contribution in [0.3, 0.4) is 0 Å². The second-order valence-corrected chi connectivity index (χ2v) is 6.50. The molecule has 0 heterocycles. The zero-order valence-corrected chi connectivity index (χ0v) is 12.3. The number of ketones is 1. The Kier molecular flexibility index (Phi) is 8.97. The normalized spacial score (nSPS) is 10.8. The van der Waals surface area contributed by atoms with Crippen molar-refractivity contribution in [2.24, 2.45) is 0 Å². The number of carbonyl (C=O) groups is 2. The van der Waals surface area contributed by atoms with E-state index in [2.05, 4.69) is 13.2 Å². The number of ether oxygens (including phenoxy) is 1. The third-order valence-electron chi connectivity index (χ3n) is 2.32. The van der Waals surface area contributed by atoms with Gasteiger partial charge in [0, 0.05) is 26.3 Å². The fourth-order valence-corrected chi connectivity index (χ4v) is 3.13. The molecule has 0 amide bonds. The molecule has 108 valence electrons. The van der Waals surface area contributed by atoms with Crippen molar-refractivity contribution in [2.75, 3.05) is 27.4 Å². The van der Waals surface area contributed by atoms with Crippen molar-refractivity contribution in [2.45, 2.75) is 12.5 Å². The minimum atomic E-state index is -2.89. The predicted molar refractivity (Wildman–Crippen MR) is 71.5 cm³/mol. The Morgan fingerprint density at radius 1 is 1.16 bits per heavy atom. The molecule has 0 saturated carbocycles. The molecule has 0 unspecified atom stereocenters. The van der Waals surface area contributed by atoms with Gasteiger partial charge in [-0.3, -0.25) is 4.79 Å². The summed E-state index contributed by atoms with van der Waals surface area (Å²) in [4.78, 5) is 22.0. The summed E-state index contributed by atoms with van der Waals surface area (Å²) >= 11 is 0. The number of rotatable bonds is 11. The lowest BCUT2D eigenvalue weighted by Gasteiger charge is -2.25. The molecular weight excluding hydrogens is 268 g/mol. The van der Waals surface area contributed by atoms with Gasteiger partial charge in [0.05, 0.1) is 6.61 Å². The monoisotopic (exact) mass is 288 g/mol. The van der Waals surface area contributed by atoms with Crippen molar-refractivity contribution in [3.8, 4) is 0 Å². The molecule has 0 bridgehead atoms. The number of esters is 1. The maximum absolute atomic E-state index is 11.1. The van der Waals surface area contributed by atoms with Crippen molar-refractivity contribution in [1.82, 2.24) is 0 Å². The fourth-order valence-electron chi connectivity index (χ4n) is 1.24. The van der Waals surface area contributed by atoms with Crippen LogP contribution in [0.5, 0.6) is 0 Å². The summed E-state index contributed by atoms with van der Waals surface area (Å²) in [6.07, 6.45) is 2.78. The first kappa shape index (κ1) is 17.7. The van der Waals surface area contributed by atoms with Crippen molar-refractivity contribution < 1.29 is 27.6 Å². The molecule has 6 nitrogen and oxygen atoms in total. The SMILES string of the molecule is C=CC(=O)CO[Si](CCCOC(=O)C=C)(OC)OC. The molecule has 0 saturated heterocycles. The largest absolute Gasteiger partial charge is 0.500 e. The molecule has 0 aliphatic rings. The van der Waals surface area contributed by atoms with Crippen LogP contribution in [0.25, 0.3) is 0 Å². The average molecular weight is 288 g/mol. The second kappa shape index (κ2) is 9.62. The van der Waals surface area contributed by atoms with Gasteiger partial charge >= 0.3 is 14.8 Å². The first-order valence-electron chi connectivity index (χ1n) is 5.72. The van der Waals surface area contributed by atoms with Crippen LogP contribution in [0.2, 0.25) is 6.04 Å². The first-order valence-corrected chi connectivity index (χ1v) is 7.65. The molecule has 0 rings (SSSR count). The van der Waals surface area contributed by atoms with Gasteiger partial charge in [-0.15, -0.1) is 0 Å². The predicted octanol–water partition coefficient (Wildman–Crippen LogP) is 1.11. The van der Waals surface area contributed by atoms with E-state index in [1.165, 1.54) is 20.3 Å². The third-order valence-corrected chi connectivity index (χ3v) is 5.12. The highest BCUT2D eigenvalue weighted by Crippen LogP contribution is 2.16. The van der Waals surface area contributed by atoms with E-state index in [-0.39, 0.29) is 19.0 Å². The zero-order chi connectivity index (χ0) is 14.7. The minimum absolute atomic E-state index is 0.135. The van der Waals surface area contributed by atoms with E-state index in [4.69, 9.17) is 18.0 Å². The van der Waals surface area contributed by atoms with Crippen molar-refractivity contribution in [3.63, 3.8) is 0 Å². The Hall–Kier alpha value is -1.28. The molecule has 0 radical (unpaired) electrons. The maximum atomic E-state index is 11.1. The third kappa shape index (κ3) is 7.02. The van der Waals surface area contributed by atoms with E-state index in [9.17, 15) is 9.59 Å². The Bertz CT molecular complexity index is 324. The van der Waals surface area contributed by atoms with Crippen molar-refractivity contribution in [3.05, 3.63) is 25.3 Å². The molecule has 0 aliphatic carbocycles. The van der Waals surface area contributed by atoms with E-state index < -0.39 is 14.8 Å². The topological polar surface area (TPSA) is 71.1 Å². The number of carbonyl (C=O) groups excluding carboxylic acids is 2. The van der Waals surface area contributed by atoms with Crippen molar-refractivity contribution >= 4 is 20.6 Å². The highest BCUT2D eigenvalue weighted by atomic mass is 28.4. The molecule has 0 aromatic carbocycles. The van der Waals surface area contributed by atoms with Crippen LogP contribution in [0.4, 0.5) is 0 Å². The van der Waals surface area contributed by atoms with Crippen LogP contribution in [-0.4, -0.2) is 48.0 Å². The minimum Gasteiger partial charge on any atom is -0.463 e. The standard InChI is InChI=1S/C12H20O6Si/c1-5-11(13)10-18-19(15-3,16-4)9-7-8-17-12(14)6-2/h5-6H,1-2,7-10H2,3-4H3. The summed E-state index contributed by atoms with van der Waals surface area (Å²) in [5, 5.41) is 0. The zero-order valence-electron chi connectivity index (χ0n) is 11.3. The smallest absolute Gasteiger partial charge is 0.463 e. The lowest BCUT2D eigenvalue weighted by Crippen LogP contribution is -2.45. The highest BCUT2D eigenvalue weighted by molar-refractivity contribution is 6.60. The van der Waals surface area contributed by atoms with E-state index in [1.807, 2.05) is 0 Å². The summed E-state index contributed by atoms with van der Waals surface area (Å²) in [7, 11) is 0.0339. The Balaban J connectivity index is 4.21. The Morgan fingerprint density at radius 3 is 2.26 bits per heavy atom. The molecule has 0 aromatic rings. The average Bonchev–Trinajstić information content (AvgIpc) is 2.46. The van der Waals surface area contributed by atoms with E-state index in [1.54, 1.807) is 0 Å². The number of hydrogen-bond acceptors (Lipinski definition) is 6. The quantitative estimate of drug-likeness (QED) is 0.245. The molecule has 0 fully saturated rings. The molecule has 0 aliphatic heterocycles. The summed E-state index contributed by atoms with van der Waals surface area (Å²) < 4.78 is 20.8. The summed E-state index contributed by atoms with van der Waals surface area (Å²) in [5.74, 6) is -0.728. The van der Waals surface area contributed by atoms with Crippen LogP contribution >= 0.6 is 0 Å². The molecule has 0 atom stereocenters. The first-order chi connectivity index (χ1) is 9.03. The van der Waals surface area contributed by atoms with Gasteiger partial charge in [-0.25, -0.2) is 4.79 Å². The molecular formula is C12H20O6Si. The van der Waals surface area contributed by atoms with Crippen LogP contribution < -0.4 is 0 Å². The second-order valence-electron chi connectivity index (χ2n) is 3.53. The van der Waals surface area contributed by atoms with Gasteiger partial charge in [-0.2, -0.15) is 0 Å². The lowest BCUT2D eigenvalue weighted by molar-refractivity contribution is -0.137. The highest BCUT2D eigenvalue weighted by Gasteiger charge is 2.38. The van der Waals surface area contributed by atoms with Crippen LogP contribution in [0.1, 0.15) is 6.42 Å². The molecule has 0 spiro atoms. The van der Waals surface area contributed by atoms with E-state index in [0.29, 0.717) is 12.5 Å². The summed E-state index contributed by atoms with van der Waals surface area (Å²) in [5.41, 5.74) is 0. The molecule has 0 N–H and O–H groups in total. The summed E-state index contributed by atoms with van der Waals surface area (Å²) in [6.45, 7) is 6.72. The Morgan fingerprint density at radius 2 is 1.79 bits per heavy atom. The summed E-state index contributed by atoms with van der Waals surface area (Å²) in [6, 6.07) is 0.439.